The monoisotopic (exact) mass is 532 g/mol. The molecule has 0 unspecified atom stereocenters. The van der Waals surface area contributed by atoms with Crippen molar-refractivity contribution in [1.29, 1.82) is 0 Å². The third-order valence-corrected chi connectivity index (χ3v) is 6.55. The molecule has 3 N–H and O–H groups in total. The minimum absolute atomic E-state index is 0.0164. The lowest BCUT2D eigenvalue weighted by Gasteiger charge is -2.16. The highest BCUT2D eigenvalue weighted by atomic mass is 32.2. The number of amides is 1. The van der Waals surface area contributed by atoms with Crippen LogP contribution in [0.2, 0.25) is 0 Å². The molecule has 0 bridgehead atoms. The van der Waals surface area contributed by atoms with Crippen LogP contribution in [-0.2, 0) is 29.8 Å². The molecule has 0 atom stereocenters. The number of benzene rings is 2. The van der Waals surface area contributed by atoms with Gasteiger partial charge in [0.05, 0.1) is 23.5 Å². The van der Waals surface area contributed by atoms with E-state index in [0.717, 1.165) is 18.4 Å². The number of carboxylic acids is 1. The Bertz CT molecular complexity index is 1130. The fourth-order valence-corrected chi connectivity index (χ4v) is 4.22. The molecular formula is C23H27F3N2O7S. The summed E-state index contributed by atoms with van der Waals surface area (Å²) in [5.41, 5.74) is 0.815. The van der Waals surface area contributed by atoms with Gasteiger partial charge < -0.3 is 19.9 Å². The zero-order valence-corrected chi connectivity index (χ0v) is 20.4. The number of carbonyl (C=O) groups is 2. The number of ether oxygens (including phenoxy) is 2. The molecule has 0 aromatic heterocycles. The predicted octanol–water partition coefficient (Wildman–Crippen LogP) is 3.31. The van der Waals surface area contributed by atoms with Crippen molar-refractivity contribution in [2.24, 2.45) is 0 Å². The highest BCUT2D eigenvalue weighted by molar-refractivity contribution is 7.92. The second kappa shape index (κ2) is 12.1. The average Bonchev–Trinajstić information content (AvgIpc) is 3.62. The highest BCUT2D eigenvalue weighted by Crippen LogP contribution is 2.48. The lowest BCUT2D eigenvalue weighted by Crippen LogP contribution is -2.36. The zero-order valence-electron chi connectivity index (χ0n) is 19.6. The fraction of sp³-hybridized carbons (Fsp3) is 0.391. The van der Waals surface area contributed by atoms with Crippen LogP contribution in [-0.4, -0.2) is 58.4 Å². The number of rotatable bonds is 10. The number of anilines is 1. The van der Waals surface area contributed by atoms with E-state index in [1.54, 1.807) is 43.5 Å². The lowest BCUT2D eigenvalue weighted by molar-refractivity contribution is -0.192. The van der Waals surface area contributed by atoms with E-state index >= 15 is 0 Å². The van der Waals surface area contributed by atoms with Crippen LogP contribution in [0.25, 0.3) is 0 Å². The normalized spacial score (nSPS) is 14.1. The maximum Gasteiger partial charge on any atom is 0.490 e. The number of sulfonamides is 1. The van der Waals surface area contributed by atoms with Crippen LogP contribution < -0.4 is 14.8 Å². The molecular weight excluding hydrogens is 505 g/mol. The van der Waals surface area contributed by atoms with Crippen LogP contribution >= 0.6 is 0 Å². The number of hydrogen-bond acceptors (Lipinski definition) is 6. The Morgan fingerprint density at radius 1 is 1.06 bits per heavy atom. The Labute approximate surface area is 206 Å². The summed E-state index contributed by atoms with van der Waals surface area (Å²) in [6.07, 6.45) is -3.52. The summed E-state index contributed by atoms with van der Waals surface area (Å²) < 4.78 is 69.8. The molecule has 0 spiro atoms. The summed E-state index contributed by atoms with van der Waals surface area (Å²) in [5.74, 6) is -2.15. The second-order valence-electron chi connectivity index (χ2n) is 7.72. The first-order chi connectivity index (χ1) is 16.9. The van der Waals surface area contributed by atoms with Gasteiger partial charge in [-0.25, -0.2) is 13.2 Å². The standard InChI is InChI=1S/C21H26N2O5S.C2HF3O2/c1-3-28-18-8-10-19(11-9-18)29(25,26)23-17-6-4-16(5-7-17)21(12-13-21)20(24)22-14-15-27-2;3-2(4,5)1(6)7/h4-11,23H,3,12-15H2,1-2H3,(H,22,24);(H,6,7). The number of hydrogen-bond donors (Lipinski definition) is 3. The molecule has 1 aliphatic rings. The molecule has 9 nitrogen and oxygen atoms in total. The summed E-state index contributed by atoms with van der Waals surface area (Å²) in [6.45, 7) is 3.32. The van der Waals surface area contributed by atoms with Crippen molar-refractivity contribution in [3.05, 3.63) is 54.1 Å². The molecule has 0 radical (unpaired) electrons. The molecule has 2 aromatic carbocycles. The Kier molecular flexibility index (Phi) is 9.70. The fourth-order valence-electron chi connectivity index (χ4n) is 3.16. The van der Waals surface area contributed by atoms with Crippen molar-refractivity contribution in [1.82, 2.24) is 5.32 Å². The van der Waals surface area contributed by atoms with Crippen LogP contribution in [0.3, 0.4) is 0 Å². The Balaban J connectivity index is 0.000000572. The largest absolute Gasteiger partial charge is 0.494 e. The third kappa shape index (κ3) is 7.85. The van der Waals surface area contributed by atoms with Gasteiger partial charge in [-0.3, -0.25) is 9.52 Å². The van der Waals surface area contributed by atoms with Crippen LogP contribution in [0.1, 0.15) is 25.3 Å². The quantitative estimate of drug-likeness (QED) is 0.400. The van der Waals surface area contributed by atoms with Crippen molar-refractivity contribution in [2.45, 2.75) is 36.3 Å². The van der Waals surface area contributed by atoms with Gasteiger partial charge in [0.2, 0.25) is 5.91 Å². The summed E-state index contributed by atoms with van der Waals surface area (Å²) in [6, 6.07) is 13.2. The molecule has 13 heteroatoms. The summed E-state index contributed by atoms with van der Waals surface area (Å²) in [7, 11) is -2.12. The van der Waals surface area contributed by atoms with Gasteiger partial charge in [0, 0.05) is 19.3 Å². The minimum Gasteiger partial charge on any atom is -0.494 e. The topological polar surface area (TPSA) is 131 Å². The Morgan fingerprint density at radius 3 is 2.06 bits per heavy atom. The van der Waals surface area contributed by atoms with Gasteiger partial charge in [0.15, 0.2) is 0 Å². The number of carboxylic acid groups (broad SMARTS) is 1. The molecule has 1 aliphatic carbocycles. The van der Waals surface area contributed by atoms with Gasteiger partial charge in [0.25, 0.3) is 10.0 Å². The van der Waals surface area contributed by atoms with Gasteiger partial charge in [-0.1, -0.05) is 12.1 Å². The third-order valence-electron chi connectivity index (χ3n) is 5.15. The first kappa shape index (κ1) is 28.9. The van der Waals surface area contributed by atoms with Crippen molar-refractivity contribution in [3.8, 4) is 5.75 Å². The van der Waals surface area contributed by atoms with E-state index in [-0.39, 0.29) is 10.8 Å². The average molecular weight is 533 g/mol. The van der Waals surface area contributed by atoms with Crippen LogP contribution in [0.4, 0.5) is 18.9 Å². The van der Waals surface area contributed by atoms with Crippen LogP contribution in [0, 0.1) is 0 Å². The van der Waals surface area contributed by atoms with E-state index in [9.17, 15) is 26.4 Å². The summed E-state index contributed by atoms with van der Waals surface area (Å²) in [4.78, 5) is 21.5. The van der Waals surface area contributed by atoms with Gasteiger partial charge in [0.1, 0.15) is 5.75 Å². The number of methoxy groups -OCH3 is 1. The van der Waals surface area contributed by atoms with Crippen molar-refractivity contribution < 1.29 is 45.8 Å². The van der Waals surface area contributed by atoms with E-state index in [2.05, 4.69) is 10.0 Å². The highest BCUT2D eigenvalue weighted by Gasteiger charge is 2.51. The first-order valence-electron chi connectivity index (χ1n) is 10.8. The van der Waals surface area contributed by atoms with E-state index in [1.165, 1.54) is 12.1 Å². The SMILES string of the molecule is CCOc1ccc(S(=O)(=O)Nc2ccc(C3(C(=O)NCCOC)CC3)cc2)cc1.O=C(O)C(F)(F)F. The van der Waals surface area contributed by atoms with Gasteiger partial charge in [-0.2, -0.15) is 13.2 Å². The number of aliphatic carboxylic acids is 1. The van der Waals surface area contributed by atoms with Gasteiger partial charge in [-0.15, -0.1) is 0 Å². The zero-order chi connectivity index (χ0) is 27.0. The number of carbonyl (C=O) groups excluding carboxylic acids is 1. The number of nitrogens with one attached hydrogen (secondary N) is 2. The van der Waals surface area contributed by atoms with Gasteiger partial charge >= 0.3 is 12.1 Å². The maximum absolute atomic E-state index is 12.6. The van der Waals surface area contributed by atoms with Gasteiger partial charge in [-0.05, 0) is 61.7 Å². The van der Waals surface area contributed by atoms with Crippen LogP contribution in [0.15, 0.2) is 53.4 Å². The Morgan fingerprint density at radius 2 is 1.61 bits per heavy atom. The molecule has 1 amide bonds. The lowest BCUT2D eigenvalue weighted by atomic mass is 9.95. The van der Waals surface area contributed by atoms with Crippen LogP contribution in [0.5, 0.6) is 5.75 Å². The summed E-state index contributed by atoms with van der Waals surface area (Å²) >= 11 is 0. The molecule has 3 rings (SSSR count). The molecule has 198 valence electrons. The molecule has 2 aromatic rings. The Hall–Kier alpha value is -3.32. The number of alkyl halides is 3. The van der Waals surface area contributed by atoms with Crippen molar-refractivity contribution in [2.75, 3.05) is 31.6 Å². The van der Waals surface area contributed by atoms with Crippen molar-refractivity contribution >= 4 is 27.6 Å². The molecule has 36 heavy (non-hydrogen) atoms. The first-order valence-corrected chi connectivity index (χ1v) is 12.3. The second-order valence-corrected chi connectivity index (χ2v) is 9.40. The molecule has 1 fully saturated rings. The van der Waals surface area contributed by atoms with E-state index in [0.29, 0.717) is 31.2 Å². The minimum atomic E-state index is -5.08. The molecule has 0 heterocycles. The molecule has 0 saturated heterocycles. The smallest absolute Gasteiger partial charge is 0.490 e. The maximum atomic E-state index is 12.6. The van der Waals surface area contributed by atoms with E-state index in [4.69, 9.17) is 19.4 Å². The predicted molar refractivity (Wildman–Crippen MR) is 124 cm³/mol. The van der Waals surface area contributed by atoms with Crippen molar-refractivity contribution in [3.63, 3.8) is 0 Å². The summed E-state index contributed by atoms with van der Waals surface area (Å²) in [5, 5.41) is 10.0. The number of halogens is 3. The van der Waals surface area contributed by atoms with E-state index < -0.39 is 27.6 Å². The molecule has 0 aliphatic heterocycles. The molecule has 1 saturated carbocycles. The van der Waals surface area contributed by atoms with E-state index in [1.807, 2.05) is 6.92 Å².